The van der Waals surface area contributed by atoms with Crippen LogP contribution < -0.4 is 4.74 Å². The number of likely N-dealkylation sites (N-methyl/N-ethyl adjacent to an activating group) is 1. The van der Waals surface area contributed by atoms with Crippen LogP contribution in [0.4, 0.5) is 0 Å². The predicted molar refractivity (Wildman–Crippen MR) is 134 cm³/mol. The Kier molecular flexibility index (Phi) is 6.55. The van der Waals surface area contributed by atoms with Crippen molar-refractivity contribution >= 4 is 17.5 Å². The Bertz CT molecular complexity index is 1150. The second kappa shape index (κ2) is 9.74. The summed E-state index contributed by atoms with van der Waals surface area (Å²) in [7, 11) is 3.98. The van der Waals surface area contributed by atoms with Gasteiger partial charge in [-0.2, -0.15) is 0 Å². The van der Waals surface area contributed by atoms with Crippen molar-refractivity contribution in [3.8, 4) is 16.9 Å². The molecule has 1 aliphatic carbocycles. The monoisotopic (exact) mass is 476 g/mol. The summed E-state index contributed by atoms with van der Waals surface area (Å²) in [5.41, 5.74) is 5.71. The van der Waals surface area contributed by atoms with Gasteiger partial charge in [-0.15, -0.1) is 0 Å². The van der Waals surface area contributed by atoms with E-state index >= 15 is 0 Å². The maximum Gasteiger partial charge on any atom is 0.254 e. The van der Waals surface area contributed by atoms with Gasteiger partial charge in [0, 0.05) is 56.2 Å². The zero-order valence-electron chi connectivity index (χ0n) is 19.6. The van der Waals surface area contributed by atoms with Crippen LogP contribution in [0.25, 0.3) is 11.1 Å². The van der Waals surface area contributed by atoms with Crippen LogP contribution in [0.15, 0.2) is 60.9 Å². The number of aromatic nitrogens is 1. The van der Waals surface area contributed by atoms with Crippen molar-refractivity contribution in [1.29, 1.82) is 0 Å². The van der Waals surface area contributed by atoms with Crippen LogP contribution in [0.1, 0.15) is 27.5 Å². The van der Waals surface area contributed by atoms with Gasteiger partial charge in [0.2, 0.25) is 0 Å². The van der Waals surface area contributed by atoms with Crippen LogP contribution >= 0.6 is 11.6 Å². The number of halogens is 1. The number of carbonyl (C=O) groups is 1. The summed E-state index contributed by atoms with van der Waals surface area (Å²) < 4.78 is 5.82. The quantitative estimate of drug-likeness (QED) is 0.533. The van der Waals surface area contributed by atoms with Crippen molar-refractivity contribution in [2.45, 2.75) is 6.04 Å². The van der Waals surface area contributed by atoms with E-state index in [1.807, 2.05) is 36.3 Å². The summed E-state index contributed by atoms with van der Waals surface area (Å²) in [6.07, 6.45) is 3.84. The van der Waals surface area contributed by atoms with Crippen molar-refractivity contribution < 1.29 is 9.53 Å². The van der Waals surface area contributed by atoms with Gasteiger partial charge in [0.25, 0.3) is 5.91 Å². The average molecular weight is 477 g/mol. The van der Waals surface area contributed by atoms with Crippen molar-refractivity contribution in [2.24, 2.45) is 0 Å². The summed E-state index contributed by atoms with van der Waals surface area (Å²) in [6, 6.07) is 16.2. The van der Waals surface area contributed by atoms with Crippen LogP contribution in [0.3, 0.4) is 0 Å². The Morgan fingerprint density at radius 3 is 2.62 bits per heavy atom. The molecule has 1 amide bonds. The standard InChI is InChI=1S/C27H29ClN4O2/c1-30(2)15-16-34-25-17-19(7-8-24(25)28)27(33)32-13-11-31(12-14-32)26-21-6-4-3-5-20(21)23-18-29-10-9-22(23)26/h3-10,17-18,26H,11-16H2,1-2H3. The highest BCUT2D eigenvalue weighted by Crippen LogP contribution is 2.46. The molecule has 1 saturated heterocycles. The second-order valence-corrected chi connectivity index (χ2v) is 9.49. The van der Waals surface area contributed by atoms with Gasteiger partial charge in [-0.1, -0.05) is 35.9 Å². The largest absolute Gasteiger partial charge is 0.491 e. The van der Waals surface area contributed by atoms with Gasteiger partial charge in [-0.25, -0.2) is 0 Å². The molecule has 7 heteroatoms. The summed E-state index contributed by atoms with van der Waals surface area (Å²) in [5, 5.41) is 0.521. The number of nitrogens with zero attached hydrogens (tertiary/aromatic N) is 4. The molecule has 1 fully saturated rings. The number of benzene rings is 2. The number of amides is 1. The molecule has 5 rings (SSSR count). The first-order chi connectivity index (χ1) is 16.5. The van der Waals surface area contributed by atoms with Gasteiger partial charge in [0.15, 0.2) is 0 Å². The smallest absolute Gasteiger partial charge is 0.254 e. The molecule has 3 aromatic rings. The van der Waals surface area contributed by atoms with E-state index < -0.39 is 0 Å². The first-order valence-corrected chi connectivity index (χ1v) is 12.0. The van der Waals surface area contributed by atoms with Crippen LogP contribution in [-0.2, 0) is 0 Å². The van der Waals surface area contributed by atoms with E-state index in [0.717, 1.165) is 19.6 Å². The number of ether oxygens (including phenoxy) is 1. The third-order valence-corrected chi connectivity index (χ3v) is 6.95. The van der Waals surface area contributed by atoms with Crippen LogP contribution in [0.5, 0.6) is 5.75 Å². The van der Waals surface area contributed by atoms with Crippen molar-refractivity contribution in [2.75, 3.05) is 53.4 Å². The third kappa shape index (κ3) is 4.41. The van der Waals surface area contributed by atoms with E-state index in [-0.39, 0.29) is 11.9 Å². The molecular formula is C27H29ClN4O2. The molecule has 0 radical (unpaired) electrons. The van der Waals surface area contributed by atoms with Gasteiger partial charge in [-0.3, -0.25) is 14.7 Å². The van der Waals surface area contributed by atoms with Crippen molar-refractivity contribution in [1.82, 2.24) is 19.7 Å². The number of pyridine rings is 1. The first-order valence-electron chi connectivity index (χ1n) is 11.7. The molecule has 2 heterocycles. The molecule has 34 heavy (non-hydrogen) atoms. The topological polar surface area (TPSA) is 48.9 Å². The van der Waals surface area contributed by atoms with E-state index in [1.165, 1.54) is 22.3 Å². The Hall–Kier alpha value is -2.93. The van der Waals surface area contributed by atoms with Gasteiger partial charge in [0.05, 0.1) is 11.1 Å². The molecule has 0 spiro atoms. The molecule has 0 N–H and O–H groups in total. The van der Waals surface area contributed by atoms with E-state index in [1.54, 1.807) is 18.2 Å². The molecule has 0 saturated carbocycles. The minimum absolute atomic E-state index is 0.0187. The Labute approximate surface area is 205 Å². The molecule has 176 valence electrons. The lowest BCUT2D eigenvalue weighted by Gasteiger charge is -2.38. The Morgan fingerprint density at radius 2 is 1.82 bits per heavy atom. The predicted octanol–water partition coefficient (Wildman–Crippen LogP) is 4.20. The maximum atomic E-state index is 13.3. The molecule has 6 nitrogen and oxygen atoms in total. The lowest BCUT2D eigenvalue weighted by molar-refractivity contribution is 0.0599. The second-order valence-electron chi connectivity index (χ2n) is 9.08. The molecule has 1 aromatic heterocycles. The first kappa shape index (κ1) is 22.8. The number of fused-ring (bicyclic) bond motifs is 3. The van der Waals surface area contributed by atoms with E-state index in [9.17, 15) is 4.79 Å². The van der Waals surface area contributed by atoms with Crippen molar-refractivity contribution in [3.63, 3.8) is 0 Å². The SMILES string of the molecule is CN(C)CCOc1cc(C(=O)N2CCN(C3c4ccccc4-c4cnccc43)CC2)ccc1Cl. The molecule has 0 bridgehead atoms. The number of hydrogen-bond donors (Lipinski definition) is 0. The van der Waals surface area contributed by atoms with Crippen LogP contribution in [0, 0.1) is 0 Å². The van der Waals surface area contributed by atoms with Crippen molar-refractivity contribution in [3.05, 3.63) is 82.6 Å². The number of carbonyl (C=O) groups excluding carboxylic acids is 1. The fourth-order valence-electron chi connectivity index (χ4n) is 4.86. The van der Waals surface area contributed by atoms with E-state index in [0.29, 0.717) is 36.0 Å². The summed E-state index contributed by atoms with van der Waals surface area (Å²) in [5.74, 6) is 0.575. The van der Waals surface area contributed by atoms with E-state index in [4.69, 9.17) is 16.3 Å². The minimum atomic E-state index is 0.0187. The fraction of sp³-hybridized carbons (Fsp3) is 0.333. The molecule has 2 aliphatic rings. The van der Waals surface area contributed by atoms with Gasteiger partial charge >= 0.3 is 0 Å². The van der Waals surface area contributed by atoms with Crippen LogP contribution in [0.2, 0.25) is 5.02 Å². The Balaban J connectivity index is 1.28. The third-order valence-electron chi connectivity index (χ3n) is 6.64. The highest BCUT2D eigenvalue weighted by Gasteiger charge is 2.35. The van der Waals surface area contributed by atoms with E-state index in [2.05, 4.69) is 40.2 Å². The number of hydrogen-bond acceptors (Lipinski definition) is 5. The minimum Gasteiger partial charge on any atom is -0.491 e. The summed E-state index contributed by atoms with van der Waals surface area (Å²) >= 11 is 6.30. The fourth-order valence-corrected chi connectivity index (χ4v) is 5.03. The summed E-state index contributed by atoms with van der Waals surface area (Å²) in [4.78, 5) is 24.1. The Morgan fingerprint density at radius 1 is 1.06 bits per heavy atom. The zero-order chi connectivity index (χ0) is 23.7. The number of piperazine rings is 1. The zero-order valence-corrected chi connectivity index (χ0v) is 20.3. The average Bonchev–Trinajstić information content (AvgIpc) is 3.19. The number of rotatable bonds is 6. The molecule has 1 atom stereocenters. The summed E-state index contributed by atoms with van der Waals surface area (Å²) in [6.45, 7) is 4.27. The molecule has 2 aromatic carbocycles. The van der Waals surface area contributed by atoms with Gasteiger partial charge in [-0.05, 0) is 55.1 Å². The van der Waals surface area contributed by atoms with Gasteiger partial charge < -0.3 is 14.5 Å². The maximum absolute atomic E-state index is 13.3. The molecule has 1 aliphatic heterocycles. The molecular weight excluding hydrogens is 448 g/mol. The lowest BCUT2D eigenvalue weighted by Crippen LogP contribution is -2.49. The normalized spacial score (nSPS) is 17.5. The molecule has 1 unspecified atom stereocenters. The van der Waals surface area contributed by atoms with Gasteiger partial charge in [0.1, 0.15) is 12.4 Å². The van der Waals surface area contributed by atoms with Crippen LogP contribution in [-0.4, -0.2) is 79.0 Å². The highest BCUT2D eigenvalue weighted by atomic mass is 35.5. The highest BCUT2D eigenvalue weighted by molar-refractivity contribution is 6.32. The lowest BCUT2D eigenvalue weighted by atomic mass is 10.0.